The second kappa shape index (κ2) is 11.7. The van der Waals surface area contributed by atoms with Gasteiger partial charge in [-0.05, 0) is 25.2 Å². The van der Waals surface area contributed by atoms with E-state index < -0.39 is 0 Å². The summed E-state index contributed by atoms with van der Waals surface area (Å²) in [7, 11) is 1.82. The van der Waals surface area contributed by atoms with Crippen LogP contribution >= 0.6 is 24.0 Å². The van der Waals surface area contributed by atoms with Crippen molar-refractivity contribution in [3.8, 4) is 0 Å². The molecule has 2 rings (SSSR count). The third kappa shape index (κ3) is 6.22. The summed E-state index contributed by atoms with van der Waals surface area (Å²) in [4.78, 5) is 4.32. The highest BCUT2D eigenvalue weighted by Crippen LogP contribution is 2.14. The molecule has 1 aromatic rings. The van der Waals surface area contributed by atoms with Crippen LogP contribution in [0.2, 0.25) is 0 Å². The Kier molecular flexibility index (Phi) is 10.3. The number of guanidine groups is 1. The largest absolute Gasteiger partial charge is 0.356 e. The van der Waals surface area contributed by atoms with Crippen molar-refractivity contribution in [2.24, 2.45) is 10.9 Å². The highest BCUT2D eigenvalue weighted by molar-refractivity contribution is 14.0. The molecule has 24 heavy (non-hydrogen) atoms. The highest BCUT2D eigenvalue weighted by Gasteiger charge is 2.15. The molecular formula is C17H33IN6. The van der Waals surface area contributed by atoms with Crippen molar-refractivity contribution in [2.45, 2.75) is 71.9 Å². The minimum Gasteiger partial charge on any atom is -0.356 e. The van der Waals surface area contributed by atoms with Crippen LogP contribution in [0.1, 0.15) is 64.0 Å². The first kappa shape index (κ1) is 21.2. The molecule has 0 bridgehead atoms. The number of unbranched alkanes of at least 4 members (excludes halogenated alkanes) is 1. The van der Waals surface area contributed by atoms with E-state index in [1.54, 1.807) is 0 Å². The quantitative estimate of drug-likeness (QED) is 0.365. The number of nitrogens with one attached hydrogen (secondary N) is 2. The lowest BCUT2D eigenvalue weighted by Gasteiger charge is -2.18. The fourth-order valence-corrected chi connectivity index (χ4v) is 3.07. The van der Waals surface area contributed by atoms with E-state index in [0.29, 0.717) is 12.5 Å². The van der Waals surface area contributed by atoms with Crippen molar-refractivity contribution in [1.29, 1.82) is 0 Å². The zero-order valence-corrected chi connectivity index (χ0v) is 17.7. The van der Waals surface area contributed by atoms with Crippen LogP contribution in [-0.2, 0) is 19.5 Å². The molecule has 7 heteroatoms. The molecule has 1 unspecified atom stereocenters. The van der Waals surface area contributed by atoms with Crippen LogP contribution in [0.4, 0.5) is 0 Å². The summed E-state index contributed by atoms with van der Waals surface area (Å²) in [6, 6.07) is 0. The van der Waals surface area contributed by atoms with E-state index in [4.69, 9.17) is 0 Å². The number of hydrogen-bond acceptors (Lipinski definition) is 3. The molecule has 2 N–H and O–H groups in total. The first-order valence-corrected chi connectivity index (χ1v) is 9.13. The maximum absolute atomic E-state index is 4.32. The van der Waals surface area contributed by atoms with Crippen LogP contribution in [0, 0.1) is 5.92 Å². The van der Waals surface area contributed by atoms with E-state index in [1.165, 1.54) is 38.5 Å². The van der Waals surface area contributed by atoms with Crippen molar-refractivity contribution in [1.82, 2.24) is 25.4 Å². The van der Waals surface area contributed by atoms with Gasteiger partial charge in [0.05, 0.1) is 6.54 Å². The predicted molar refractivity (Wildman–Crippen MR) is 110 cm³/mol. The average Bonchev–Trinajstić information content (AvgIpc) is 3.01. The van der Waals surface area contributed by atoms with Crippen molar-refractivity contribution in [2.75, 3.05) is 13.6 Å². The van der Waals surface area contributed by atoms with Crippen LogP contribution in [-0.4, -0.2) is 34.3 Å². The van der Waals surface area contributed by atoms with Gasteiger partial charge < -0.3 is 15.2 Å². The van der Waals surface area contributed by atoms with E-state index in [-0.39, 0.29) is 24.0 Å². The summed E-state index contributed by atoms with van der Waals surface area (Å²) in [6.07, 6.45) is 8.57. The molecule has 6 nitrogen and oxygen atoms in total. The fraction of sp³-hybridized carbons (Fsp3) is 0.824. The van der Waals surface area contributed by atoms with E-state index in [2.05, 4.69) is 44.2 Å². The molecule has 0 saturated carbocycles. The zero-order chi connectivity index (χ0) is 16.5. The molecule has 0 aliphatic carbocycles. The Labute approximate surface area is 163 Å². The lowest BCUT2D eigenvalue weighted by molar-refractivity contribution is 0.443. The number of rotatable bonds is 8. The van der Waals surface area contributed by atoms with Crippen LogP contribution in [0.3, 0.4) is 0 Å². The summed E-state index contributed by atoms with van der Waals surface area (Å²) in [5, 5.41) is 15.4. The topological polar surface area (TPSA) is 67.1 Å². The van der Waals surface area contributed by atoms with Crippen LogP contribution < -0.4 is 10.6 Å². The number of aromatic nitrogens is 3. The normalized spacial score (nSPS) is 15.4. The molecule has 1 aromatic heterocycles. The minimum atomic E-state index is 0. The first-order valence-electron chi connectivity index (χ1n) is 9.13. The molecule has 1 aliphatic heterocycles. The van der Waals surface area contributed by atoms with Gasteiger partial charge in [0.25, 0.3) is 0 Å². The number of aliphatic imine (C=N–C) groups is 1. The van der Waals surface area contributed by atoms with Gasteiger partial charge in [0.1, 0.15) is 5.82 Å². The molecule has 1 aliphatic rings. The Balaban J connectivity index is 0.00000288. The summed E-state index contributed by atoms with van der Waals surface area (Å²) in [5.41, 5.74) is 0. The average molecular weight is 448 g/mol. The molecule has 0 amide bonds. The lowest BCUT2D eigenvalue weighted by Crippen LogP contribution is -2.40. The summed E-state index contributed by atoms with van der Waals surface area (Å²) in [6.45, 7) is 7.22. The fourth-order valence-electron chi connectivity index (χ4n) is 3.07. The van der Waals surface area contributed by atoms with Gasteiger partial charge >= 0.3 is 0 Å². The van der Waals surface area contributed by atoms with Gasteiger partial charge in [0.15, 0.2) is 11.8 Å². The Morgan fingerprint density at radius 1 is 1.25 bits per heavy atom. The molecule has 0 spiro atoms. The molecule has 0 aromatic carbocycles. The second-order valence-corrected chi connectivity index (χ2v) is 6.36. The van der Waals surface area contributed by atoms with Gasteiger partial charge in [-0.25, -0.2) is 0 Å². The standard InChI is InChI=1S/C17H32N6.HI/c1-4-6-9-14(5-2)12-19-17(18-3)20-13-16-22-21-15-10-7-8-11-23(15)16;/h14H,4-13H2,1-3H3,(H2,18,19,20);1H. The van der Waals surface area contributed by atoms with Crippen molar-refractivity contribution >= 4 is 29.9 Å². The van der Waals surface area contributed by atoms with E-state index in [0.717, 1.165) is 37.1 Å². The first-order chi connectivity index (χ1) is 11.3. The van der Waals surface area contributed by atoms with Gasteiger partial charge in [-0.2, -0.15) is 0 Å². The van der Waals surface area contributed by atoms with Crippen molar-refractivity contribution in [3.05, 3.63) is 11.6 Å². The molecular weight excluding hydrogens is 415 g/mol. The maximum Gasteiger partial charge on any atom is 0.191 e. The second-order valence-electron chi connectivity index (χ2n) is 6.36. The van der Waals surface area contributed by atoms with Crippen LogP contribution in [0.25, 0.3) is 0 Å². The Bertz CT molecular complexity index is 499. The van der Waals surface area contributed by atoms with Gasteiger partial charge in [-0.1, -0.05) is 33.1 Å². The Hall–Kier alpha value is -0.860. The van der Waals surface area contributed by atoms with Crippen LogP contribution in [0.5, 0.6) is 0 Å². The van der Waals surface area contributed by atoms with E-state index in [1.807, 2.05) is 7.05 Å². The summed E-state index contributed by atoms with van der Waals surface area (Å²) in [5.74, 6) is 3.71. The van der Waals surface area contributed by atoms with E-state index >= 15 is 0 Å². The summed E-state index contributed by atoms with van der Waals surface area (Å²) >= 11 is 0. The number of fused-ring (bicyclic) bond motifs is 1. The zero-order valence-electron chi connectivity index (χ0n) is 15.3. The highest BCUT2D eigenvalue weighted by atomic mass is 127. The Morgan fingerprint density at radius 3 is 2.79 bits per heavy atom. The third-order valence-corrected chi connectivity index (χ3v) is 4.68. The number of halogens is 1. The lowest BCUT2D eigenvalue weighted by atomic mass is 9.99. The molecule has 0 fully saturated rings. The number of aryl methyl sites for hydroxylation is 1. The van der Waals surface area contributed by atoms with Crippen LogP contribution in [0.15, 0.2) is 4.99 Å². The molecule has 0 saturated heterocycles. The molecule has 138 valence electrons. The SMILES string of the molecule is CCCCC(CC)CNC(=NC)NCc1nnc2n1CCCC2.I. The molecule has 0 radical (unpaired) electrons. The smallest absolute Gasteiger partial charge is 0.191 e. The number of hydrogen-bond donors (Lipinski definition) is 2. The van der Waals surface area contributed by atoms with Gasteiger partial charge in [0.2, 0.25) is 0 Å². The maximum atomic E-state index is 4.32. The summed E-state index contributed by atoms with van der Waals surface area (Å²) < 4.78 is 2.25. The molecule has 2 heterocycles. The van der Waals surface area contributed by atoms with E-state index in [9.17, 15) is 0 Å². The number of nitrogens with zero attached hydrogens (tertiary/aromatic N) is 4. The van der Waals surface area contributed by atoms with Crippen molar-refractivity contribution in [3.63, 3.8) is 0 Å². The third-order valence-electron chi connectivity index (χ3n) is 4.68. The Morgan fingerprint density at radius 2 is 2.08 bits per heavy atom. The minimum absolute atomic E-state index is 0. The van der Waals surface area contributed by atoms with Gasteiger partial charge in [0, 0.05) is 26.6 Å². The van der Waals surface area contributed by atoms with Gasteiger partial charge in [-0.15, -0.1) is 34.2 Å². The monoisotopic (exact) mass is 448 g/mol. The molecule has 1 atom stereocenters. The van der Waals surface area contributed by atoms with Gasteiger partial charge in [-0.3, -0.25) is 4.99 Å². The predicted octanol–water partition coefficient (Wildman–Crippen LogP) is 3.11. The van der Waals surface area contributed by atoms with Crippen molar-refractivity contribution < 1.29 is 0 Å².